The number of sulfone groups is 1. The van der Waals surface area contributed by atoms with E-state index in [1.165, 1.54) is 19.1 Å². The van der Waals surface area contributed by atoms with E-state index in [0.29, 0.717) is 0 Å². The fourth-order valence-corrected chi connectivity index (χ4v) is 2.84. The van der Waals surface area contributed by atoms with Gasteiger partial charge in [0.15, 0.2) is 0 Å². The molecular weight excluding hydrogens is 212 g/mol. The molecule has 0 aromatic heterocycles. The zero-order valence-electron chi connectivity index (χ0n) is 9.20. The molecule has 0 amide bonds. The second-order valence-corrected chi connectivity index (χ2v) is 6.37. The van der Waals surface area contributed by atoms with E-state index in [1.54, 1.807) is 0 Å². The summed E-state index contributed by atoms with van der Waals surface area (Å²) in [5.74, 6) is 5.50. The molecule has 15 heavy (non-hydrogen) atoms. The van der Waals surface area contributed by atoms with Crippen LogP contribution in [-0.2, 0) is 9.84 Å². The molecule has 1 unspecified atom stereocenters. The minimum Gasteiger partial charge on any atom is -0.271 e. The third-order valence-corrected chi connectivity index (χ3v) is 3.63. The molecule has 0 aliphatic heterocycles. The Bertz CT molecular complexity index is 322. The molecule has 0 radical (unpaired) electrons. The molecule has 0 saturated heterocycles. The van der Waals surface area contributed by atoms with E-state index >= 15 is 0 Å². The minimum atomic E-state index is -2.98. The van der Waals surface area contributed by atoms with Gasteiger partial charge in [0.1, 0.15) is 9.84 Å². The first-order valence-corrected chi connectivity index (χ1v) is 7.42. The Morgan fingerprint density at radius 1 is 1.47 bits per heavy atom. The first kappa shape index (κ1) is 12.7. The lowest BCUT2D eigenvalue weighted by Gasteiger charge is -2.18. The summed E-state index contributed by atoms with van der Waals surface area (Å²) in [6.07, 6.45) is 8.93. The van der Waals surface area contributed by atoms with Gasteiger partial charge in [0, 0.05) is 6.26 Å². The summed E-state index contributed by atoms with van der Waals surface area (Å²) in [5.41, 5.74) is 3.76. The monoisotopic (exact) mass is 232 g/mol. The SMILES string of the molecule is CS(=O)(=O)CC(NN)C1=CCCCCC1. The van der Waals surface area contributed by atoms with Gasteiger partial charge in [-0.1, -0.05) is 18.1 Å². The Labute approximate surface area is 91.8 Å². The molecule has 1 atom stereocenters. The standard InChI is InChI=1S/C10H20N2O2S/c1-15(13,14)8-10(12-11)9-6-4-2-3-5-7-9/h6,10,12H,2-5,7-8,11H2,1H3. The topological polar surface area (TPSA) is 72.2 Å². The largest absolute Gasteiger partial charge is 0.271 e. The van der Waals surface area contributed by atoms with E-state index in [9.17, 15) is 8.42 Å². The summed E-state index contributed by atoms with van der Waals surface area (Å²) in [6.45, 7) is 0. The van der Waals surface area contributed by atoms with Gasteiger partial charge in [-0.3, -0.25) is 11.3 Å². The Morgan fingerprint density at radius 2 is 2.20 bits per heavy atom. The van der Waals surface area contributed by atoms with Gasteiger partial charge < -0.3 is 0 Å². The number of allylic oxidation sites excluding steroid dienone is 1. The lowest BCUT2D eigenvalue weighted by molar-refractivity contribution is 0.569. The molecule has 88 valence electrons. The molecule has 0 spiro atoms. The molecule has 4 nitrogen and oxygen atoms in total. The highest BCUT2D eigenvalue weighted by Crippen LogP contribution is 2.20. The van der Waals surface area contributed by atoms with Crippen molar-refractivity contribution in [1.29, 1.82) is 0 Å². The van der Waals surface area contributed by atoms with E-state index in [2.05, 4.69) is 11.5 Å². The van der Waals surface area contributed by atoms with Crippen LogP contribution in [-0.4, -0.2) is 26.5 Å². The summed E-state index contributed by atoms with van der Waals surface area (Å²) >= 11 is 0. The molecule has 0 heterocycles. The van der Waals surface area contributed by atoms with Gasteiger partial charge in [0.05, 0.1) is 11.8 Å². The minimum absolute atomic E-state index is 0.0926. The maximum Gasteiger partial charge on any atom is 0.149 e. The Morgan fingerprint density at radius 3 is 2.80 bits per heavy atom. The number of rotatable bonds is 4. The average molecular weight is 232 g/mol. The molecule has 1 aliphatic carbocycles. The van der Waals surface area contributed by atoms with Crippen molar-refractivity contribution in [3.63, 3.8) is 0 Å². The lowest BCUT2D eigenvalue weighted by atomic mass is 10.0. The lowest BCUT2D eigenvalue weighted by Crippen LogP contribution is -2.41. The second-order valence-electron chi connectivity index (χ2n) is 4.19. The van der Waals surface area contributed by atoms with Crippen LogP contribution in [0.15, 0.2) is 11.6 Å². The molecule has 3 N–H and O–H groups in total. The van der Waals surface area contributed by atoms with Gasteiger partial charge in [-0.15, -0.1) is 0 Å². The van der Waals surface area contributed by atoms with Crippen molar-refractivity contribution in [2.75, 3.05) is 12.0 Å². The van der Waals surface area contributed by atoms with Crippen LogP contribution < -0.4 is 11.3 Å². The maximum absolute atomic E-state index is 11.2. The van der Waals surface area contributed by atoms with E-state index in [4.69, 9.17) is 5.84 Å². The molecule has 0 saturated carbocycles. The van der Waals surface area contributed by atoms with E-state index in [0.717, 1.165) is 24.8 Å². The van der Waals surface area contributed by atoms with E-state index < -0.39 is 9.84 Å². The van der Waals surface area contributed by atoms with Crippen LogP contribution in [0.2, 0.25) is 0 Å². The molecule has 5 heteroatoms. The van der Waals surface area contributed by atoms with Crippen molar-refractivity contribution in [2.24, 2.45) is 5.84 Å². The number of nitrogens with two attached hydrogens (primary N) is 1. The van der Waals surface area contributed by atoms with Crippen molar-refractivity contribution in [1.82, 2.24) is 5.43 Å². The third-order valence-electron chi connectivity index (χ3n) is 2.69. The van der Waals surface area contributed by atoms with Crippen LogP contribution in [0.25, 0.3) is 0 Å². The first-order valence-electron chi connectivity index (χ1n) is 5.36. The highest BCUT2D eigenvalue weighted by molar-refractivity contribution is 7.90. The predicted molar refractivity (Wildman–Crippen MR) is 62.0 cm³/mol. The van der Waals surface area contributed by atoms with Crippen molar-refractivity contribution < 1.29 is 8.42 Å². The van der Waals surface area contributed by atoms with Gasteiger partial charge in [0.2, 0.25) is 0 Å². The maximum atomic E-state index is 11.2. The first-order chi connectivity index (χ1) is 7.03. The van der Waals surface area contributed by atoms with Crippen molar-refractivity contribution in [2.45, 2.75) is 38.1 Å². The molecular formula is C10H20N2O2S. The van der Waals surface area contributed by atoms with Crippen LogP contribution in [0, 0.1) is 0 Å². The van der Waals surface area contributed by atoms with Gasteiger partial charge in [0.25, 0.3) is 0 Å². The fourth-order valence-electron chi connectivity index (χ4n) is 1.92. The van der Waals surface area contributed by atoms with Crippen molar-refractivity contribution in [3.8, 4) is 0 Å². The molecule has 0 fully saturated rings. The number of hydrazine groups is 1. The molecule has 1 rings (SSSR count). The molecule has 1 aliphatic rings. The van der Waals surface area contributed by atoms with Crippen LogP contribution >= 0.6 is 0 Å². The number of hydrogen-bond acceptors (Lipinski definition) is 4. The van der Waals surface area contributed by atoms with Crippen molar-refractivity contribution >= 4 is 9.84 Å². The zero-order valence-corrected chi connectivity index (χ0v) is 10.0. The normalized spacial score (nSPS) is 20.5. The van der Waals surface area contributed by atoms with E-state index in [1.807, 2.05) is 0 Å². The molecule has 0 bridgehead atoms. The fraction of sp³-hybridized carbons (Fsp3) is 0.800. The second kappa shape index (κ2) is 5.63. The third kappa shape index (κ3) is 4.77. The smallest absolute Gasteiger partial charge is 0.149 e. The van der Waals surface area contributed by atoms with Crippen LogP contribution in [0.1, 0.15) is 32.1 Å². The Balaban J connectivity index is 2.68. The van der Waals surface area contributed by atoms with Gasteiger partial charge in [-0.2, -0.15) is 0 Å². The molecule has 0 aromatic carbocycles. The summed E-state index contributed by atoms with van der Waals surface area (Å²) in [6, 6.07) is -0.210. The predicted octanol–water partition coefficient (Wildman–Crippen LogP) is 0.753. The number of hydrogen-bond donors (Lipinski definition) is 2. The van der Waals surface area contributed by atoms with Gasteiger partial charge >= 0.3 is 0 Å². The summed E-state index contributed by atoms with van der Waals surface area (Å²) < 4.78 is 22.4. The van der Waals surface area contributed by atoms with Crippen LogP contribution in [0.4, 0.5) is 0 Å². The zero-order chi connectivity index (χ0) is 11.3. The van der Waals surface area contributed by atoms with E-state index in [-0.39, 0.29) is 11.8 Å². The van der Waals surface area contributed by atoms with Gasteiger partial charge in [-0.05, 0) is 25.7 Å². The Hall–Kier alpha value is -0.390. The van der Waals surface area contributed by atoms with Crippen LogP contribution in [0.3, 0.4) is 0 Å². The molecule has 0 aromatic rings. The summed E-state index contributed by atoms with van der Waals surface area (Å²) in [7, 11) is -2.98. The average Bonchev–Trinajstić information content (AvgIpc) is 2.40. The van der Waals surface area contributed by atoms with Crippen LogP contribution in [0.5, 0.6) is 0 Å². The summed E-state index contributed by atoms with van der Waals surface area (Å²) in [4.78, 5) is 0. The van der Waals surface area contributed by atoms with Gasteiger partial charge in [-0.25, -0.2) is 8.42 Å². The van der Waals surface area contributed by atoms with Crippen molar-refractivity contribution in [3.05, 3.63) is 11.6 Å². The summed E-state index contributed by atoms with van der Waals surface area (Å²) in [5, 5.41) is 0. The quantitative estimate of drug-likeness (QED) is 0.426. The highest BCUT2D eigenvalue weighted by atomic mass is 32.2. The highest BCUT2D eigenvalue weighted by Gasteiger charge is 2.18. The Kier molecular flexibility index (Phi) is 4.76. The number of nitrogens with one attached hydrogen (secondary N) is 1.